The number of para-hydroxylation sites is 3. The molecular weight excluding hydrogens is 384 g/mol. The fourth-order valence-electron chi connectivity index (χ4n) is 4.33. The van der Waals surface area contributed by atoms with E-state index in [0.717, 1.165) is 30.5 Å². The molecule has 0 bridgehead atoms. The van der Waals surface area contributed by atoms with Crippen LogP contribution in [0, 0.1) is 0 Å². The lowest BCUT2D eigenvalue weighted by atomic mass is 9.99. The largest absolute Gasteiger partial charge is 0.475 e. The molecule has 0 saturated carbocycles. The molecule has 30 heavy (non-hydrogen) atoms. The minimum absolute atomic E-state index is 0.0277. The van der Waals surface area contributed by atoms with Gasteiger partial charge in [-0.1, -0.05) is 24.3 Å². The Morgan fingerprint density at radius 1 is 1.13 bits per heavy atom. The second-order valence-electron chi connectivity index (χ2n) is 7.50. The monoisotopic (exact) mass is 404 g/mol. The van der Waals surface area contributed by atoms with Gasteiger partial charge in [0.25, 0.3) is 5.91 Å². The highest BCUT2D eigenvalue weighted by Crippen LogP contribution is 2.34. The smallest absolute Gasteiger partial charge is 0.348 e. The van der Waals surface area contributed by atoms with Gasteiger partial charge in [-0.15, -0.1) is 0 Å². The Morgan fingerprint density at radius 3 is 2.80 bits per heavy atom. The third kappa shape index (κ3) is 2.77. The zero-order valence-electron chi connectivity index (χ0n) is 16.5. The second-order valence-corrected chi connectivity index (χ2v) is 7.50. The molecule has 5 rings (SSSR count). The van der Waals surface area contributed by atoms with Crippen molar-refractivity contribution in [2.24, 2.45) is 0 Å². The molecule has 2 aliphatic rings. The maximum Gasteiger partial charge on any atom is 0.348 e. The van der Waals surface area contributed by atoms with Crippen molar-refractivity contribution in [3.63, 3.8) is 0 Å². The molecule has 1 aromatic heterocycles. The Morgan fingerprint density at radius 2 is 1.97 bits per heavy atom. The van der Waals surface area contributed by atoms with Crippen molar-refractivity contribution in [2.75, 3.05) is 18.6 Å². The third-order valence-corrected chi connectivity index (χ3v) is 5.74. The molecule has 2 aromatic carbocycles. The number of amides is 1. The van der Waals surface area contributed by atoms with Crippen LogP contribution in [0.5, 0.6) is 5.75 Å². The Labute approximate surface area is 172 Å². The summed E-state index contributed by atoms with van der Waals surface area (Å²) in [7, 11) is 1.27. The number of carbonyl (C=O) groups excluding carboxylic acids is 2. The number of fused-ring (bicyclic) bond motifs is 1. The Bertz CT molecular complexity index is 1250. The number of anilines is 1. The molecule has 1 atom stereocenters. The van der Waals surface area contributed by atoms with Gasteiger partial charge in [0.15, 0.2) is 0 Å². The van der Waals surface area contributed by atoms with Gasteiger partial charge in [0.1, 0.15) is 11.3 Å². The van der Waals surface area contributed by atoms with Crippen molar-refractivity contribution in [3.05, 3.63) is 70.0 Å². The molecule has 1 amide bonds. The van der Waals surface area contributed by atoms with Gasteiger partial charge in [-0.25, -0.2) is 4.79 Å². The van der Waals surface area contributed by atoms with Crippen molar-refractivity contribution in [2.45, 2.75) is 25.5 Å². The fraction of sp³-hybridized carbons (Fsp3) is 0.261. The van der Waals surface area contributed by atoms with E-state index in [1.54, 1.807) is 36.5 Å². The quantitative estimate of drug-likeness (QED) is 0.614. The summed E-state index contributed by atoms with van der Waals surface area (Å²) >= 11 is 0. The SMILES string of the molecule is COC(=O)[C@@H]1CN(C(=O)c2cn3c4c(cccc4c2=O)CCC3)c2ccccc2O1. The van der Waals surface area contributed by atoms with Crippen LogP contribution < -0.4 is 15.1 Å². The average molecular weight is 404 g/mol. The molecule has 3 heterocycles. The molecule has 7 heteroatoms. The van der Waals surface area contributed by atoms with Gasteiger partial charge >= 0.3 is 5.97 Å². The fourth-order valence-corrected chi connectivity index (χ4v) is 4.33. The standard InChI is InChI=1S/C23H20N2O5/c1-29-23(28)19-13-25(17-9-2-3-10-18(17)30-19)22(27)16-12-24-11-5-7-14-6-4-8-15(20(14)24)21(16)26/h2-4,6,8-10,12,19H,5,7,11,13H2,1H3/t19-/m0/s1. The summed E-state index contributed by atoms with van der Waals surface area (Å²) in [5.41, 5.74) is 2.34. The number of ether oxygens (including phenoxy) is 2. The summed E-state index contributed by atoms with van der Waals surface area (Å²) in [5.74, 6) is -0.624. The zero-order valence-corrected chi connectivity index (χ0v) is 16.5. The normalized spacial score (nSPS) is 17.2. The summed E-state index contributed by atoms with van der Waals surface area (Å²) in [6.07, 6.45) is 2.57. The molecule has 152 valence electrons. The average Bonchev–Trinajstić information content (AvgIpc) is 2.79. The second kappa shape index (κ2) is 7.02. The number of hydrogen-bond acceptors (Lipinski definition) is 5. The van der Waals surface area contributed by atoms with Crippen LogP contribution in [0.15, 0.2) is 53.5 Å². The van der Waals surface area contributed by atoms with Crippen molar-refractivity contribution in [3.8, 4) is 5.75 Å². The summed E-state index contributed by atoms with van der Waals surface area (Å²) < 4.78 is 12.5. The number of methoxy groups -OCH3 is 1. The number of rotatable bonds is 2. The van der Waals surface area contributed by atoms with E-state index >= 15 is 0 Å². The van der Waals surface area contributed by atoms with Crippen LogP contribution in [-0.4, -0.2) is 36.2 Å². The van der Waals surface area contributed by atoms with Crippen LogP contribution in [-0.2, 0) is 22.5 Å². The molecule has 0 radical (unpaired) electrons. The number of aromatic nitrogens is 1. The molecular formula is C23H20N2O5. The third-order valence-electron chi connectivity index (χ3n) is 5.74. The summed E-state index contributed by atoms with van der Waals surface area (Å²) in [6.45, 7) is 0.721. The molecule has 0 aliphatic carbocycles. The van der Waals surface area contributed by atoms with Crippen molar-refractivity contribution >= 4 is 28.5 Å². The molecule has 2 aliphatic heterocycles. The lowest BCUT2D eigenvalue weighted by molar-refractivity contribution is -0.148. The number of benzene rings is 2. The lowest BCUT2D eigenvalue weighted by Crippen LogP contribution is -2.48. The summed E-state index contributed by atoms with van der Waals surface area (Å²) in [6, 6.07) is 12.6. The van der Waals surface area contributed by atoms with Crippen LogP contribution in [0.2, 0.25) is 0 Å². The number of aryl methyl sites for hydroxylation is 2. The van der Waals surface area contributed by atoms with Crippen LogP contribution >= 0.6 is 0 Å². The van der Waals surface area contributed by atoms with Gasteiger partial charge in [-0.05, 0) is 36.6 Å². The van der Waals surface area contributed by atoms with Crippen LogP contribution in [0.25, 0.3) is 10.9 Å². The molecule has 0 fully saturated rings. The predicted molar refractivity (Wildman–Crippen MR) is 111 cm³/mol. The Hall–Kier alpha value is -3.61. The van der Waals surface area contributed by atoms with Gasteiger partial charge in [-0.2, -0.15) is 0 Å². The van der Waals surface area contributed by atoms with E-state index in [9.17, 15) is 14.4 Å². The molecule has 0 N–H and O–H groups in total. The number of hydrogen-bond donors (Lipinski definition) is 0. The van der Waals surface area contributed by atoms with Crippen LogP contribution in [0.3, 0.4) is 0 Å². The number of carbonyl (C=O) groups is 2. The van der Waals surface area contributed by atoms with Gasteiger partial charge in [0, 0.05) is 18.1 Å². The maximum absolute atomic E-state index is 13.6. The number of nitrogens with zero attached hydrogens (tertiary/aromatic N) is 2. The minimum Gasteiger partial charge on any atom is -0.475 e. The van der Waals surface area contributed by atoms with E-state index in [1.165, 1.54) is 12.0 Å². The van der Waals surface area contributed by atoms with E-state index in [0.29, 0.717) is 16.8 Å². The van der Waals surface area contributed by atoms with Crippen LogP contribution in [0.1, 0.15) is 22.3 Å². The van der Waals surface area contributed by atoms with Crippen molar-refractivity contribution in [1.82, 2.24) is 4.57 Å². The first kappa shape index (κ1) is 18.4. The Balaban J connectivity index is 1.64. The molecule has 3 aromatic rings. The van der Waals surface area contributed by atoms with Gasteiger partial charge < -0.3 is 18.9 Å². The topological polar surface area (TPSA) is 77.8 Å². The molecule has 7 nitrogen and oxygen atoms in total. The van der Waals surface area contributed by atoms with Gasteiger partial charge in [-0.3, -0.25) is 9.59 Å². The van der Waals surface area contributed by atoms with Crippen LogP contribution in [0.4, 0.5) is 5.69 Å². The Kier molecular flexibility index (Phi) is 4.31. The van der Waals surface area contributed by atoms with E-state index < -0.39 is 18.0 Å². The first-order chi connectivity index (χ1) is 14.6. The number of esters is 1. The first-order valence-corrected chi connectivity index (χ1v) is 9.89. The predicted octanol–water partition coefficient (Wildman–Crippen LogP) is 2.53. The van der Waals surface area contributed by atoms with E-state index in [2.05, 4.69) is 0 Å². The molecule has 0 spiro atoms. The highest BCUT2D eigenvalue weighted by molar-refractivity contribution is 6.09. The lowest BCUT2D eigenvalue weighted by Gasteiger charge is -2.33. The summed E-state index contributed by atoms with van der Waals surface area (Å²) in [5, 5.41) is 0.545. The highest BCUT2D eigenvalue weighted by Gasteiger charge is 2.36. The van der Waals surface area contributed by atoms with E-state index in [1.807, 2.05) is 16.7 Å². The van der Waals surface area contributed by atoms with Gasteiger partial charge in [0.05, 0.1) is 24.9 Å². The summed E-state index contributed by atoms with van der Waals surface area (Å²) in [4.78, 5) is 40.4. The van der Waals surface area contributed by atoms with Gasteiger partial charge in [0.2, 0.25) is 11.5 Å². The minimum atomic E-state index is -0.956. The van der Waals surface area contributed by atoms with Crippen molar-refractivity contribution in [1.29, 1.82) is 0 Å². The highest BCUT2D eigenvalue weighted by atomic mass is 16.6. The van der Waals surface area contributed by atoms with E-state index in [-0.39, 0.29) is 17.5 Å². The molecule has 0 unspecified atom stereocenters. The molecule has 0 saturated heterocycles. The van der Waals surface area contributed by atoms with Crippen molar-refractivity contribution < 1.29 is 19.1 Å². The first-order valence-electron chi connectivity index (χ1n) is 9.89. The number of pyridine rings is 1. The maximum atomic E-state index is 13.6. The zero-order chi connectivity index (χ0) is 20.8. The van der Waals surface area contributed by atoms with E-state index in [4.69, 9.17) is 9.47 Å².